The molecule has 1 aromatic heterocycles. The van der Waals surface area contributed by atoms with Crippen LogP contribution in [0.15, 0.2) is 41.6 Å². The van der Waals surface area contributed by atoms with Gasteiger partial charge in [0.15, 0.2) is 0 Å². The van der Waals surface area contributed by atoms with Crippen molar-refractivity contribution >= 4 is 9.84 Å². The highest BCUT2D eigenvalue weighted by atomic mass is 32.2. The molecule has 0 atom stereocenters. The second-order valence-electron chi connectivity index (χ2n) is 8.36. The van der Waals surface area contributed by atoms with Crippen LogP contribution >= 0.6 is 0 Å². The summed E-state index contributed by atoms with van der Waals surface area (Å²) in [6.45, 7) is 10.7. The molecule has 0 unspecified atom stereocenters. The maximum Gasteiger partial charge on any atom is 0.267 e. The molecule has 0 aliphatic heterocycles. The van der Waals surface area contributed by atoms with Crippen molar-refractivity contribution in [2.24, 2.45) is 0 Å². The zero-order chi connectivity index (χ0) is 22.1. The lowest BCUT2D eigenvalue weighted by atomic mass is 9.85. The largest absolute Gasteiger partial charge is 0.267 e. The zero-order valence-corrected chi connectivity index (χ0v) is 18.8. The topological polar surface area (TPSA) is 75.7 Å². The molecule has 0 saturated heterocycles. The van der Waals surface area contributed by atoms with Gasteiger partial charge in [-0.3, -0.25) is 5.10 Å². The van der Waals surface area contributed by atoms with Crippen LogP contribution in [0, 0.1) is 12.7 Å². The molecular weight excluding hydrogens is 401 g/mol. The summed E-state index contributed by atoms with van der Waals surface area (Å²) in [6, 6.07) is 9.77. The van der Waals surface area contributed by atoms with Crippen LogP contribution in [0.2, 0.25) is 0 Å². The Labute approximate surface area is 177 Å². The van der Waals surface area contributed by atoms with Crippen molar-refractivity contribution in [3.05, 3.63) is 75.9 Å². The third kappa shape index (κ3) is 4.95. The number of aromatic amines is 1. The van der Waals surface area contributed by atoms with Gasteiger partial charge >= 0.3 is 0 Å². The number of sulfone groups is 1. The Morgan fingerprint density at radius 3 is 2.10 bits per heavy atom. The van der Waals surface area contributed by atoms with E-state index < -0.39 is 15.7 Å². The number of aromatic nitrogens is 3. The van der Waals surface area contributed by atoms with E-state index in [4.69, 9.17) is 0 Å². The Morgan fingerprint density at radius 2 is 1.57 bits per heavy atom. The third-order valence-electron chi connectivity index (χ3n) is 5.11. The molecule has 160 valence electrons. The van der Waals surface area contributed by atoms with Crippen LogP contribution in [0.4, 0.5) is 4.39 Å². The Balaban J connectivity index is 1.91. The second-order valence-corrected chi connectivity index (χ2v) is 10.2. The molecule has 0 saturated carbocycles. The van der Waals surface area contributed by atoms with Crippen molar-refractivity contribution < 1.29 is 12.8 Å². The number of benzene rings is 2. The lowest BCUT2D eigenvalue weighted by Gasteiger charge is -2.20. The molecule has 3 rings (SSSR count). The van der Waals surface area contributed by atoms with E-state index >= 15 is 0 Å². The van der Waals surface area contributed by atoms with Gasteiger partial charge in [-0.1, -0.05) is 57.5 Å². The van der Waals surface area contributed by atoms with Crippen molar-refractivity contribution in [1.82, 2.24) is 15.2 Å². The van der Waals surface area contributed by atoms with Gasteiger partial charge in [-0.05, 0) is 53.1 Å². The minimum atomic E-state index is -3.73. The van der Waals surface area contributed by atoms with Gasteiger partial charge in [-0.2, -0.15) is 0 Å². The average Bonchev–Trinajstić information content (AvgIpc) is 3.14. The van der Waals surface area contributed by atoms with Crippen LogP contribution in [0.1, 0.15) is 73.2 Å². The van der Waals surface area contributed by atoms with E-state index in [0.717, 1.165) is 0 Å². The number of nitrogens with zero attached hydrogens (tertiary/aromatic N) is 2. The molecule has 0 spiro atoms. The molecule has 0 aliphatic rings. The number of H-pyrrole nitrogens is 1. The van der Waals surface area contributed by atoms with Crippen molar-refractivity contribution in [2.45, 2.75) is 63.8 Å². The number of nitrogens with one attached hydrogen (secondary N) is 1. The molecule has 5 nitrogen and oxygen atoms in total. The maximum atomic E-state index is 13.1. The van der Waals surface area contributed by atoms with E-state index in [1.165, 1.54) is 46.5 Å². The summed E-state index contributed by atoms with van der Waals surface area (Å²) in [5.74, 6) is 0.504. The van der Waals surface area contributed by atoms with Gasteiger partial charge in [0, 0.05) is 6.42 Å². The van der Waals surface area contributed by atoms with Crippen molar-refractivity contribution in [3.8, 4) is 0 Å². The van der Waals surface area contributed by atoms with E-state index in [1.54, 1.807) is 0 Å². The molecule has 0 bridgehead atoms. The smallest absolute Gasteiger partial charge is 0.262 e. The van der Waals surface area contributed by atoms with E-state index in [2.05, 4.69) is 61.9 Å². The summed E-state index contributed by atoms with van der Waals surface area (Å²) in [5, 5.41) is 6.54. The van der Waals surface area contributed by atoms with Crippen LogP contribution in [0.5, 0.6) is 0 Å². The van der Waals surface area contributed by atoms with Gasteiger partial charge in [-0.15, -0.1) is 5.10 Å². The van der Waals surface area contributed by atoms with Crippen LogP contribution in [-0.2, 0) is 22.0 Å². The number of halogens is 1. The summed E-state index contributed by atoms with van der Waals surface area (Å²) in [6.07, 6.45) is 0.486. The Bertz CT molecular complexity index is 1100. The van der Waals surface area contributed by atoms with Gasteiger partial charge in [0.2, 0.25) is 9.84 Å². The summed E-state index contributed by atoms with van der Waals surface area (Å²) in [7, 11) is -3.73. The molecule has 3 aromatic rings. The van der Waals surface area contributed by atoms with E-state index in [-0.39, 0.29) is 10.9 Å². The third-order valence-corrected chi connectivity index (χ3v) is 6.56. The standard InChI is InChI=1S/C23H28FN3O2S/c1-14(2)19-10-16(5)11-20(15(3)4)21(19)12-22-25-23(27-26-22)30(28,29)13-17-6-8-18(24)9-7-17/h6-11,14-15H,12-13H2,1-5H3,(H,25,26,27). The Hall–Kier alpha value is -2.54. The van der Waals surface area contributed by atoms with Crippen LogP contribution in [-0.4, -0.2) is 23.6 Å². The SMILES string of the molecule is Cc1cc(C(C)C)c(Cc2nc(S(=O)(=O)Cc3ccc(F)cc3)n[nH]2)c(C(C)C)c1. The second kappa shape index (κ2) is 8.68. The van der Waals surface area contributed by atoms with Gasteiger partial charge in [0.1, 0.15) is 11.6 Å². The van der Waals surface area contributed by atoms with Gasteiger partial charge < -0.3 is 0 Å². The molecule has 0 aliphatic carbocycles. The maximum absolute atomic E-state index is 13.1. The molecule has 0 amide bonds. The van der Waals surface area contributed by atoms with Crippen molar-refractivity contribution in [2.75, 3.05) is 0 Å². The summed E-state index contributed by atoms with van der Waals surface area (Å²) in [4.78, 5) is 4.29. The first kappa shape index (κ1) is 22.2. The fourth-order valence-electron chi connectivity index (χ4n) is 3.64. The normalized spacial score (nSPS) is 12.1. The number of rotatable bonds is 7. The molecule has 1 N–H and O–H groups in total. The molecule has 0 radical (unpaired) electrons. The number of aryl methyl sites for hydroxylation is 1. The molecule has 30 heavy (non-hydrogen) atoms. The predicted molar refractivity (Wildman–Crippen MR) is 116 cm³/mol. The van der Waals surface area contributed by atoms with Crippen molar-refractivity contribution in [3.63, 3.8) is 0 Å². The fourth-order valence-corrected chi connectivity index (χ4v) is 4.83. The Kier molecular flexibility index (Phi) is 6.41. The van der Waals surface area contributed by atoms with Crippen LogP contribution in [0.3, 0.4) is 0 Å². The number of hydrogen-bond donors (Lipinski definition) is 1. The predicted octanol–water partition coefficient (Wildman–Crippen LogP) is 5.06. The summed E-state index contributed by atoms with van der Waals surface area (Å²) >= 11 is 0. The summed E-state index contributed by atoms with van der Waals surface area (Å²) < 4.78 is 38.5. The highest BCUT2D eigenvalue weighted by Gasteiger charge is 2.23. The molecule has 2 aromatic carbocycles. The van der Waals surface area contributed by atoms with Crippen LogP contribution in [0.25, 0.3) is 0 Å². The lowest BCUT2D eigenvalue weighted by molar-refractivity contribution is 0.586. The van der Waals surface area contributed by atoms with Crippen molar-refractivity contribution in [1.29, 1.82) is 0 Å². The molecule has 7 heteroatoms. The summed E-state index contributed by atoms with van der Waals surface area (Å²) in [5.41, 5.74) is 5.36. The molecule has 1 heterocycles. The van der Waals surface area contributed by atoms with Gasteiger partial charge in [0.05, 0.1) is 5.75 Å². The molecule has 0 fully saturated rings. The van der Waals surface area contributed by atoms with E-state index in [9.17, 15) is 12.8 Å². The first-order valence-corrected chi connectivity index (χ1v) is 11.7. The fraction of sp³-hybridized carbons (Fsp3) is 0.391. The first-order chi connectivity index (χ1) is 14.1. The van der Waals surface area contributed by atoms with Gasteiger partial charge in [0.25, 0.3) is 5.16 Å². The highest BCUT2D eigenvalue weighted by molar-refractivity contribution is 7.90. The monoisotopic (exact) mass is 429 g/mol. The van der Waals surface area contributed by atoms with E-state index in [1.807, 2.05) is 0 Å². The minimum Gasteiger partial charge on any atom is -0.262 e. The minimum absolute atomic E-state index is 0.230. The van der Waals surface area contributed by atoms with Crippen LogP contribution < -0.4 is 0 Å². The zero-order valence-electron chi connectivity index (χ0n) is 18.0. The average molecular weight is 430 g/mol. The quantitative estimate of drug-likeness (QED) is 0.569. The lowest BCUT2D eigenvalue weighted by Crippen LogP contribution is -2.08. The van der Waals surface area contributed by atoms with E-state index in [0.29, 0.717) is 29.6 Å². The van der Waals surface area contributed by atoms with Gasteiger partial charge in [-0.25, -0.2) is 17.8 Å². The number of hydrogen-bond acceptors (Lipinski definition) is 4. The molecular formula is C23H28FN3O2S. The Morgan fingerprint density at radius 1 is 1.00 bits per heavy atom. The highest BCUT2D eigenvalue weighted by Crippen LogP contribution is 2.31. The first-order valence-electron chi connectivity index (χ1n) is 10.1.